The van der Waals surface area contributed by atoms with Crippen LogP contribution in [0.3, 0.4) is 0 Å². The Kier molecular flexibility index (Phi) is 6.95. The van der Waals surface area contributed by atoms with Crippen molar-refractivity contribution in [3.05, 3.63) is 95.8 Å². The second kappa shape index (κ2) is 10.0. The van der Waals surface area contributed by atoms with E-state index in [0.29, 0.717) is 17.9 Å². The van der Waals surface area contributed by atoms with E-state index < -0.39 is 12.0 Å². The highest BCUT2D eigenvalue weighted by Crippen LogP contribution is 2.17. The van der Waals surface area contributed by atoms with Crippen molar-refractivity contribution in [3.63, 3.8) is 0 Å². The van der Waals surface area contributed by atoms with Crippen molar-refractivity contribution in [1.29, 1.82) is 0 Å². The van der Waals surface area contributed by atoms with E-state index in [0.717, 1.165) is 11.1 Å². The summed E-state index contributed by atoms with van der Waals surface area (Å²) in [5.74, 6) is -0.183. The molecule has 0 unspecified atom stereocenters. The van der Waals surface area contributed by atoms with E-state index in [2.05, 4.69) is 10.3 Å². The average molecular weight is 390 g/mol. The summed E-state index contributed by atoms with van der Waals surface area (Å²) in [6, 6.07) is 19.7. The molecule has 148 valence electrons. The Labute approximate surface area is 169 Å². The number of ether oxygens (including phenoxy) is 2. The number of aromatic nitrogens is 1. The van der Waals surface area contributed by atoms with Gasteiger partial charge in [0.15, 0.2) is 0 Å². The summed E-state index contributed by atoms with van der Waals surface area (Å²) in [6.07, 6.45) is 3.33. The molecule has 1 N–H and O–H groups in total. The fraction of sp³-hybridized carbons (Fsp3) is 0.174. The minimum atomic E-state index is -0.815. The summed E-state index contributed by atoms with van der Waals surface area (Å²) in [6.45, 7) is 0.448. The fourth-order valence-electron chi connectivity index (χ4n) is 2.82. The number of carbonyl (C=O) groups is 2. The van der Waals surface area contributed by atoms with Gasteiger partial charge in [0.1, 0.15) is 18.4 Å². The number of hydrogen-bond acceptors (Lipinski definition) is 5. The quantitative estimate of drug-likeness (QED) is 0.598. The molecule has 3 rings (SSSR count). The number of nitrogens with one attached hydrogen (secondary N) is 1. The molecule has 29 heavy (non-hydrogen) atoms. The molecule has 0 aliphatic rings. The van der Waals surface area contributed by atoms with Crippen LogP contribution in [0.5, 0.6) is 5.75 Å². The first-order valence-corrected chi connectivity index (χ1v) is 9.20. The van der Waals surface area contributed by atoms with Crippen LogP contribution in [0.4, 0.5) is 0 Å². The van der Waals surface area contributed by atoms with Gasteiger partial charge in [0.25, 0.3) is 5.91 Å². The number of carbonyl (C=O) groups excluding carboxylic acids is 2. The van der Waals surface area contributed by atoms with Gasteiger partial charge in [-0.05, 0) is 35.4 Å². The number of esters is 1. The molecule has 1 heterocycles. The lowest BCUT2D eigenvalue weighted by Gasteiger charge is -2.17. The van der Waals surface area contributed by atoms with Gasteiger partial charge in [0.2, 0.25) is 0 Å². The number of hydrogen-bond donors (Lipinski definition) is 1. The highest BCUT2D eigenvalue weighted by atomic mass is 16.5. The van der Waals surface area contributed by atoms with Gasteiger partial charge in [-0.15, -0.1) is 0 Å². The first-order valence-electron chi connectivity index (χ1n) is 9.20. The first-order chi connectivity index (χ1) is 14.2. The summed E-state index contributed by atoms with van der Waals surface area (Å²) < 4.78 is 10.7. The van der Waals surface area contributed by atoms with Crippen LogP contribution in [0.15, 0.2) is 79.1 Å². The van der Waals surface area contributed by atoms with Crippen LogP contribution >= 0.6 is 0 Å². The standard InChI is InChI=1S/C23H22N2O4/c1-28-23(27)21(25-22(26)19-10-12-24-13-11-19)15-18-8-5-9-20(14-18)29-16-17-6-3-2-4-7-17/h2-14,21H,15-16H2,1H3,(H,25,26)/t21-/m1/s1. The van der Waals surface area contributed by atoms with E-state index >= 15 is 0 Å². The lowest BCUT2D eigenvalue weighted by Crippen LogP contribution is -2.43. The number of benzene rings is 2. The molecule has 0 aliphatic carbocycles. The maximum atomic E-state index is 12.4. The first kappa shape index (κ1) is 20.1. The van der Waals surface area contributed by atoms with Crippen molar-refractivity contribution < 1.29 is 19.1 Å². The van der Waals surface area contributed by atoms with Gasteiger partial charge >= 0.3 is 5.97 Å². The maximum absolute atomic E-state index is 12.4. The van der Waals surface area contributed by atoms with Crippen molar-refractivity contribution in [2.75, 3.05) is 7.11 Å². The molecule has 0 aliphatic heterocycles. The Morgan fingerprint density at radius 3 is 2.41 bits per heavy atom. The summed E-state index contributed by atoms with van der Waals surface area (Å²) in [4.78, 5) is 28.5. The van der Waals surface area contributed by atoms with E-state index in [4.69, 9.17) is 9.47 Å². The second-order valence-corrected chi connectivity index (χ2v) is 6.41. The summed E-state index contributed by atoms with van der Waals surface area (Å²) in [7, 11) is 1.30. The lowest BCUT2D eigenvalue weighted by atomic mass is 10.0. The van der Waals surface area contributed by atoms with Crippen LogP contribution in [-0.2, 0) is 22.6 Å². The van der Waals surface area contributed by atoms with Gasteiger partial charge in [-0.3, -0.25) is 9.78 Å². The Morgan fingerprint density at radius 1 is 0.966 bits per heavy atom. The highest BCUT2D eigenvalue weighted by Gasteiger charge is 2.22. The van der Waals surface area contributed by atoms with Gasteiger partial charge in [-0.2, -0.15) is 0 Å². The molecule has 6 nitrogen and oxygen atoms in total. The van der Waals surface area contributed by atoms with E-state index in [1.807, 2.05) is 54.6 Å². The normalized spacial score (nSPS) is 11.3. The number of methoxy groups -OCH3 is 1. The molecule has 1 aromatic heterocycles. The Balaban J connectivity index is 1.67. The largest absolute Gasteiger partial charge is 0.489 e. The number of amides is 1. The van der Waals surface area contributed by atoms with Crippen molar-refractivity contribution in [1.82, 2.24) is 10.3 Å². The minimum Gasteiger partial charge on any atom is -0.489 e. The number of pyridine rings is 1. The van der Waals surface area contributed by atoms with Crippen LogP contribution in [0, 0.1) is 0 Å². The SMILES string of the molecule is COC(=O)[C@@H](Cc1cccc(OCc2ccccc2)c1)NC(=O)c1ccncc1. The smallest absolute Gasteiger partial charge is 0.328 e. The van der Waals surface area contributed by atoms with Crippen LogP contribution in [0.2, 0.25) is 0 Å². The summed E-state index contributed by atoms with van der Waals surface area (Å²) in [5.41, 5.74) is 2.34. The van der Waals surface area contributed by atoms with Gasteiger partial charge in [-0.1, -0.05) is 42.5 Å². The van der Waals surface area contributed by atoms with E-state index in [1.54, 1.807) is 12.1 Å². The average Bonchev–Trinajstić information content (AvgIpc) is 2.78. The van der Waals surface area contributed by atoms with Crippen LogP contribution < -0.4 is 10.1 Å². The van der Waals surface area contributed by atoms with Crippen molar-refractivity contribution in [2.24, 2.45) is 0 Å². The Hall–Kier alpha value is -3.67. The Morgan fingerprint density at radius 2 is 1.69 bits per heavy atom. The maximum Gasteiger partial charge on any atom is 0.328 e. The third kappa shape index (κ3) is 5.90. The molecule has 0 spiro atoms. The fourth-order valence-corrected chi connectivity index (χ4v) is 2.82. The molecular formula is C23H22N2O4. The Bertz CT molecular complexity index is 945. The van der Waals surface area contributed by atoms with E-state index in [-0.39, 0.29) is 12.3 Å². The van der Waals surface area contributed by atoms with Crippen molar-refractivity contribution >= 4 is 11.9 Å². The molecule has 2 aromatic carbocycles. The highest BCUT2D eigenvalue weighted by molar-refractivity contribution is 5.96. The van der Waals surface area contributed by atoms with E-state index in [9.17, 15) is 9.59 Å². The number of rotatable bonds is 8. The summed E-state index contributed by atoms with van der Waals surface area (Å²) >= 11 is 0. The minimum absolute atomic E-state index is 0.284. The van der Waals surface area contributed by atoms with Gasteiger partial charge in [0, 0.05) is 24.4 Å². The zero-order valence-corrected chi connectivity index (χ0v) is 16.1. The van der Waals surface area contributed by atoms with Crippen LogP contribution in [0.1, 0.15) is 21.5 Å². The molecule has 0 fully saturated rings. The molecule has 0 bridgehead atoms. The van der Waals surface area contributed by atoms with E-state index in [1.165, 1.54) is 19.5 Å². The van der Waals surface area contributed by atoms with Gasteiger partial charge in [0.05, 0.1) is 7.11 Å². The molecule has 1 amide bonds. The molecular weight excluding hydrogens is 368 g/mol. The molecule has 0 radical (unpaired) electrons. The van der Waals surface area contributed by atoms with Crippen molar-refractivity contribution in [3.8, 4) is 5.75 Å². The van der Waals surface area contributed by atoms with Gasteiger partial charge in [-0.25, -0.2) is 4.79 Å². The van der Waals surface area contributed by atoms with Gasteiger partial charge < -0.3 is 14.8 Å². The number of nitrogens with zero attached hydrogens (tertiary/aromatic N) is 1. The predicted molar refractivity (Wildman–Crippen MR) is 108 cm³/mol. The zero-order valence-electron chi connectivity index (χ0n) is 16.1. The third-order valence-electron chi connectivity index (χ3n) is 4.32. The third-order valence-corrected chi connectivity index (χ3v) is 4.32. The van der Waals surface area contributed by atoms with Crippen LogP contribution in [0.25, 0.3) is 0 Å². The zero-order chi connectivity index (χ0) is 20.5. The lowest BCUT2D eigenvalue weighted by molar-refractivity contribution is -0.142. The molecule has 3 aromatic rings. The predicted octanol–water partition coefficient (Wildman–Crippen LogP) is 3.17. The molecule has 1 atom stereocenters. The summed E-state index contributed by atoms with van der Waals surface area (Å²) in [5, 5.41) is 2.73. The molecule has 0 saturated heterocycles. The molecule has 6 heteroatoms. The second-order valence-electron chi connectivity index (χ2n) is 6.41. The monoisotopic (exact) mass is 390 g/mol. The van der Waals surface area contributed by atoms with Crippen molar-refractivity contribution in [2.45, 2.75) is 19.1 Å². The van der Waals surface area contributed by atoms with Crippen LogP contribution in [-0.4, -0.2) is 30.0 Å². The molecule has 0 saturated carbocycles. The topological polar surface area (TPSA) is 77.5 Å².